The first kappa shape index (κ1) is 24.6. The average molecular weight is 552 g/mol. The first-order valence-electron chi connectivity index (χ1n) is 9.41. The number of nitrogens with two attached hydrogens (primary N) is 1. The molecule has 0 amide bonds. The van der Waals surface area contributed by atoms with Gasteiger partial charge in [-0.05, 0) is 29.8 Å². The normalized spacial score (nSPS) is 11.4. The third kappa shape index (κ3) is 8.95. The fraction of sp³-hybridized carbons (Fsp3) is 0.136. The van der Waals surface area contributed by atoms with E-state index in [1.54, 1.807) is 6.07 Å². The van der Waals surface area contributed by atoms with E-state index in [1.807, 2.05) is 78.9 Å². The molecule has 0 saturated heterocycles. The Balaban J connectivity index is 0.00000341. The molecule has 0 spiro atoms. The van der Waals surface area contributed by atoms with Gasteiger partial charge in [-0.15, -0.1) is 24.0 Å². The van der Waals surface area contributed by atoms with Crippen molar-refractivity contribution in [2.75, 3.05) is 17.6 Å². The monoisotopic (exact) mass is 552 g/mol. The van der Waals surface area contributed by atoms with Gasteiger partial charge < -0.3 is 15.8 Å². The summed E-state index contributed by atoms with van der Waals surface area (Å²) in [7, 11) is -3.45. The summed E-state index contributed by atoms with van der Waals surface area (Å²) in [6, 6.07) is 26.0. The fourth-order valence-electron chi connectivity index (χ4n) is 2.60. The second kappa shape index (κ2) is 12.3. The van der Waals surface area contributed by atoms with E-state index in [2.05, 4.69) is 15.0 Å². The third-order valence-electron chi connectivity index (χ3n) is 4.07. The summed E-state index contributed by atoms with van der Waals surface area (Å²) >= 11 is 0. The van der Waals surface area contributed by atoms with Crippen LogP contribution in [0.5, 0.6) is 11.5 Å². The van der Waals surface area contributed by atoms with E-state index in [4.69, 9.17) is 10.5 Å². The van der Waals surface area contributed by atoms with Crippen LogP contribution in [0.4, 0.5) is 5.69 Å². The van der Waals surface area contributed by atoms with Crippen molar-refractivity contribution >= 4 is 45.6 Å². The van der Waals surface area contributed by atoms with Gasteiger partial charge in [0.2, 0.25) is 10.0 Å². The standard InChI is InChI=1S/C22H24N4O3S.HI/c23-22(24-14-15-30(27,28)25-17-18-8-3-1-4-9-18)26-19-10-7-13-21(16-19)29-20-11-5-2-6-12-20;/h1-13,16,25H,14-15,17H2,(H3,23,24,26);1H. The molecule has 3 aromatic carbocycles. The van der Waals surface area contributed by atoms with Crippen LogP contribution >= 0.6 is 24.0 Å². The molecule has 4 N–H and O–H groups in total. The summed E-state index contributed by atoms with van der Waals surface area (Å²) in [5, 5.41) is 2.94. The van der Waals surface area contributed by atoms with Gasteiger partial charge in [-0.1, -0.05) is 54.6 Å². The molecule has 0 unspecified atom stereocenters. The van der Waals surface area contributed by atoms with E-state index in [0.29, 0.717) is 11.4 Å². The summed E-state index contributed by atoms with van der Waals surface area (Å²) in [4.78, 5) is 4.10. The largest absolute Gasteiger partial charge is 0.457 e. The highest BCUT2D eigenvalue weighted by Crippen LogP contribution is 2.23. The van der Waals surface area contributed by atoms with Crippen molar-refractivity contribution in [3.63, 3.8) is 0 Å². The molecule has 0 aromatic heterocycles. The highest BCUT2D eigenvalue weighted by atomic mass is 127. The molecule has 0 aliphatic heterocycles. The molecule has 0 aliphatic carbocycles. The number of benzene rings is 3. The van der Waals surface area contributed by atoms with Gasteiger partial charge in [0.15, 0.2) is 5.96 Å². The van der Waals surface area contributed by atoms with Crippen LogP contribution in [0.1, 0.15) is 5.56 Å². The Morgan fingerprint density at radius 3 is 2.26 bits per heavy atom. The third-order valence-corrected chi connectivity index (χ3v) is 5.37. The topological polar surface area (TPSA) is 106 Å². The van der Waals surface area contributed by atoms with Crippen molar-refractivity contribution in [2.45, 2.75) is 6.54 Å². The van der Waals surface area contributed by atoms with Gasteiger partial charge in [-0.2, -0.15) is 0 Å². The molecule has 0 aliphatic rings. The van der Waals surface area contributed by atoms with E-state index in [-0.39, 0.29) is 48.8 Å². The average Bonchev–Trinajstić information content (AvgIpc) is 2.74. The Labute approximate surface area is 199 Å². The Hall–Kier alpha value is -2.63. The molecule has 0 saturated carbocycles. The fourth-order valence-corrected chi connectivity index (χ4v) is 3.46. The Morgan fingerprint density at radius 2 is 1.55 bits per heavy atom. The van der Waals surface area contributed by atoms with Crippen molar-refractivity contribution in [3.05, 3.63) is 90.5 Å². The van der Waals surface area contributed by atoms with E-state index >= 15 is 0 Å². The van der Waals surface area contributed by atoms with Gasteiger partial charge in [0.25, 0.3) is 0 Å². The SMILES string of the molecule is I.NC(=NCCS(=O)(=O)NCc1ccccc1)Nc1cccc(Oc2ccccc2)c1. The summed E-state index contributed by atoms with van der Waals surface area (Å²) in [6.45, 7) is 0.290. The van der Waals surface area contributed by atoms with Gasteiger partial charge in [-0.3, -0.25) is 4.99 Å². The lowest BCUT2D eigenvalue weighted by Gasteiger charge is -2.09. The Morgan fingerprint density at radius 1 is 0.903 bits per heavy atom. The van der Waals surface area contributed by atoms with Crippen LogP contribution < -0.4 is 20.5 Å². The lowest BCUT2D eigenvalue weighted by molar-refractivity contribution is 0.483. The molecular weight excluding hydrogens is 527 g/mol. The van der Waals surface area contributed by atoms with E-state index in [9.17, 15) is 8.42 Å². The zero-order chi connectivity index (χ0) is 21.2. The summed E-state index contributed by atoms with van der Waals surface area (Å²) < 4.78 is 32.5. The van der Waals surface area contributed by atoms with Crippen molar-refractivity contribution in [3.8, 4) is 11.5 Å². The molecule has 31 heavy (non-hydrogen) atoms. The van der Waals surface area contributed by atoms with Crippen molar-refractivity contribution in [1.82, 2.24) is 4.72 Å². The Bertz CT molecular complexity index is 1080. The minimum Gasteiger partial charge on any atom is -0.457 e. The maximum Gasteiger partial charge on any atom is 0.213 e. The molecule has 3 rings (SSSR count). The zero-order valence-corrected chi connectivity index (χ0v) is 19.9. The van der Waals surface area contributed by atoms with E-state index in [1.165, 1.54) is 0 Å². The predicted molar refractivity (Wildman–Crippen MR) is 136 cm³/mol. The molecule has 0 bridgehead atoms. The van der Waals surface area contributed by atoms with E-state index < -0.39 is 10.0 Å². The number of rotatable bonds is 9. The van der Waals surface area contributed by atoms with Gasteiger partial charge in [0, 0.05) is 18.3 Å². The first-order valence-corrected chi connectivity index (χ1v) is 11.1. The van der Waals surface area contributed by atoms with Crippen LogP contribution in [0.2, 0.25) is 0 Å². The number of ether oxygens (including phenoxy) is 1. The number of nitrogens with zero attached hydrogens (tertiary/aromatic N) is 1. The van der Waals surface area contributed by atoms with Crippen molar-refractivity contribution in [1.29, 1.82) is 0 Å². The van der Waals surface area contributed by atoms with E-state index in [0.717, 1.165) is 11.3 Å². The molecule has 9 heteroatoms. The number of para-hydroxylation sites is 1. The Kier molecular flexibility index (Phi) is 9.76. The summed E-state index contributed by atoms with van der Waals surface area (Å²) in [5.41, 5.74) is 7.47. The molecular formula is C22H25IN4O3S. The first-order chi connectivity index (χ1) is 14.5. The predicted octanol–water partition coefficient (Wildman–Crippen LogP) is 3.94. The number of guanidine groups is 1. The second-order valence-electron chi connectivity index (χ2n) is 6.46. The lowest BCUT2D eigenvalue weighted by atomic mass is 10.2. The van der Waals surface area contributed by atoms with Crippen LogP contribution in [-0.4, -0.2) is 26.7 Å². The van der Waals surface area contributed by atoms with Gasteiger partial charge >= 0.3 is 0 Å². The molecule has 7 nitrogen and oxygen atoms in total. The number of hydrogen-bond acceptors (Lipinski definition) is 4. The number of sulfonamides is 1. The number of anilines is 1. The minimum atomic E-state index is -3.45. The quantitative estimate of drug-likeness (QED) is 0.212. The maximum atomic E-state index is 12.1. The van der Waals surface area contributed by atoms with Gasteiger partial charge in [0.1, 0.15) is 11.5 Å². The second-order valence-corrected chi connectivity index (χ2v) is 8.39. The smallest absolute Gasteiger partial charge is 0.213 e. The number of halogens is 1. The number of aliphatic imine (C=N–C) groups is 1. The van der Waals surface area contributed by atoms with Crippen LogP contribution in [0.3, 0.4) is 0 Å². The maximum absolute atomic E-state index is 12.1. The summed E-state index contributed by atoms with van der Waals surface area (Å²) in [6.07, 6.45) is 0. The zero-order valence-electron chi connectivity index (χ0n) is 16.8. The number of nitrogens with one attached hydrogen (secondary N) is 2. The molecule has 0 atom stereocenters. The van der Waals surface area contributed by atoms with Crippen LogP contribution in [0.25, 0.3) is 0 Å². The van der Waals surface area contributed by atoms with Crippen LogP contribution in [0, 0.1) is 0 Å². The highest BCUT2D eigenvalue weighted by Gasteiger charge is 2.09. The van der Waals surface area contributed by atoms with Crippen LogP contribution in [0.15, 0.2) is 89.9 Å². The lowest BCUT2D eigenvalue weighted by Crippen LogP contribution is -2.28. The number of hydrogen-bond donors (Lipinski definition) is 3. The highest BCUT2D eigenvalue weighted by molar-refractivity contribution is 14.0. The van der Waals surface area contributed by atoms with Gasteiger partial charge in [-0.25, -0.2) is 13.1 Å². The van der Waals surface area contributed by atoms with Crippen LogP contribution in [-0.2, 0) is 16.6 Å². The molecule has 0 fully saturated rings. The molecule has 0 radical (unpaired) electrons. The van der Waals surface area contributed by atoms with Gasteiger partial charge in [0.05, 0.1) is 12.3 Å². The molecule has 3 aromatic rings. The summed E-state index contributed by atoms with van der Waals surface area (Å²) in [5.74, 6) is 1.35. The minimum absolute atomic E-state index is 0. The molecule has 0 heterocycles. The van der Waals surface area contributed by atoms with Crippen molar-refractivity contribution < 1.29 is 13.2 Å². The molecule has 164 valence electrons. The van der Waals surface area contributed by atoms with Crippen molar-refractivity contribution in [2.24, 2.45) is 10.7 Å².